The highest BCUT2D eigenvalue weighted by atomic mass is 35.5. The zero-order valence-corrected chi connectivity index (χ0v) is 17.4. The van der Waals surface area contributed by atoms with E-state index in [0.29, 0.717) is 20.5 Å². The van der Waals surface area contributed by atoms with Gasteiger partial charge in [-0.15, -0.1) is 0 Å². The van der Waals surface area contributed by atoms with E-state index < -0.39 is 0 Å². The summed E-state index contributed by atoms with van der Waals surface area (Å²) in [5.41, 5.74) is 2.78. The number of halogens is 2. The molecule has 0 atom stereocenters. The summed E-state index contributed by atoms with van der Waals surface area (Å²) >= 11 is 13.0. The van der Waals surface area contributed by atoms with E-state index in [1.807, 2.05) is 12.1 Å². The second-order valence-corrected chi connectivity index (χ2v) is 8.63. The second kappa shape index (κ2) is 8.19. The predicted molar refractivity (Wildman–Crippen MR) is 116 cm³/mol. The van der Waals surface area contributed by atoms with Gasteiger partial charge in [0.25, 0.3) is 11.1 Å². The molecule has 0 saturated carbocycles. The molecule has 2 aromatic rings. The van der Waals surface area contributed by atoms with Crippen LogP contribution in [0.1, 0.15) is 24.0 Å². The van der Waals surface area contributed by atoms with Gasteiger partial charge in [0.05, 0.1) is 11.4 Å². The van der Waals surface area contributed by atoms with E-state index in [1.165, 1.54) is 23.4 Å². The molecule has 0 aromatic heterocycles. The summed E-state index contributed by atoms with van der Waals surface area (Å²) in [4.78, 5) is 29.1. The van der Waals surface area contributed by atoms with Crippen LogP contribution in [0.15, 0.2) is 47.4 Å². The maximum atomic E-state index is 12.7. The largest absolute Gasteiger partial charge is 0.372 e. The monoisotopic (exact) mass is 432 g/mol. The van der Waals surface area contributed by atoms with Crippen LogP contribution in [0.4, 0.5) is 10.5 Å². The van der Waals surface area contributed by atoms with Crippen molar-refractivity contribution in [3.8, 4) is 0 Å². The molecule has 2 aliphatic heterocycles. The number of nitrogens with zero attached hydrogens (tertiary/aromatic N) is 2. The molecular weight excluding hydrogens is 415 g/mol. The Morgan fingerprint density at radius 2 is 1.71 bits per heavy atom. The van der Waals surface area contributed by atoms with Crippen molar-refractivity contribution in [1.29, 1.82) is 0 Å². The molecule has 2 aliphatic rings. The van der Waals surface area contributed by atoms with Crippen LogP contribution in [0.5, 0.6) is 0 Å². The summed E-state index contributed by atoms with van der Waals surface area (Å²) in [6.07, 6.45) is 4.22. The third-order valence-electron chi connectivity index (χ3n) is 4.88. The number of hydrogen-bond donors (Lipinski definition) is 0. The van der Waals surface area contributed by atoms with Gasteiger partial charge in [0, 0.05) is 28.8 Å². The average Bonchev–Trinajstić information content (AvgIpc) is 3.29. The van der Waals surface area contributed by atoms with Gasteiger partial charge in [-0.05, 0) is 66.1 Å². The number of anilines is 1. The molecule has 2 saturated heterocycles. The van der Waals surface area contributed by atoms with Gasteiger partial charge in [-0.2, -0.15) is 0 Å². The van der Waals surface area contributed by atoms with Crippen LogP contribution in [-0.4, -0.2) is 29.1 Å². The van der Waals surface area contributed by atoms with E-state index in [1.54, 1.807) is 24.3 Å². The zero-order valence-electron chi connectivity index (χ0n) is 15.0. The Morgan fingerprint density at radius 1 is 1.00 bits per heavy atom. The van der Waals surface area contributed by atoms with Crippen LogP contribution < -0.4 is 4.90 Å². The molecule has 0 aliphatic carbocycles. The van der Waals surface area contributed by atoms with E-state index in [9.17, 15) is 9.59 Å². The van der Waals surface area contributed by atoms with Gasteiger partial charge in [0.1, 0.15) is 0 Å². The Balaban J connectivity index is 1.50. The summed E-state index contributed by atoms with van der Waals surface area (Å²) < 4.78 is 0. The van der Waals surface area contributed by atoms with Crippen molar-refractivity contribution in [3.63, 3.8) is 0 Å². The van der Waals surface area contributed by atoms with Crippen molar-refractivity contribution < 1.29 is 9.59 Å². The first-order valence-electron chi connectivity index (χ1n) is 9.05. The first kappa shape index (κ1) is 19.4. The Kier molecular flexibility index (Phi) is 5.67. The number of imide groups is 1. The van der Waals surface area contributed by atoms with Crippen LogP contribution in [0, 0.1) is 0 Å². The van der Waals surface area contributed by atoms with Crippen molar-refractivity contribution in [2.45, 2.75) is 19.4 Å². The topological polar surface area (TPSA) is 40.6 Å². The number of benzene rings is 2. The van der Waals surface area contributed by atoms with Gasteiger partial charge >= 0.3 is 0 Å². The Morgan fingerprint density at radius 3 is 2.39 bits per heavy atom. The van der Waals surface area contributed by atoms with E-state index in [-0.39, 0.29) is 17.7 Å². The zero-order chi connectivity index (χ0) is 19.7. The molecule has 28 heavy (non-hydrogen) atoms. The average molecular weight is 433 g/mol. The predicted octanol–water partition coefficient (Wildman–Crippen LogP) is 5.83. The van der Waals surface area contributed by atoms with Gasteiger partial charge in [-0.25, -0.2) is 0 Å². The lowest BCUT2D eigenvalue weighted by Gasteiger charge is -2.17. The minimum absolute atomic E-state index is 0.131. The third-order valence-corrected chi connectivity index (χ3v) is 6.37. The molecule has 0 spiro atoms. The number of hydrogen-bond acceptors (Lipinski definition) is 4. The van der Waals surface area contributed by atoms with E-state index in [2.05, 4.69) is 17.0 Å². The lowest BCUT2D eigenvalue weighted by atomic mass is 10.1. The summed E-state index contributed by atoms with van der Waals surface area (Å²) in [7, 11) is 0. The number of rotatable bonds is 4. The molecular formula is C21H18Cl2N2O2S. The van der Waals surface area contributed by atoms with Crippen LogP contribution in [0.3, 0.4) is 0 Å². The fraction of sp³-hybridized carbons (Fsp3) is 0.238. The molecule has 0 unspecified atom stereocenters. The second-order valence-electron chi connectivity index (χ2n) is 6.79. The van der Waals surface area contributed by atoms with Crippen molar-refractivity contribution in [2.75, 3.05) is 18.0 Å². The molecule has 2 fully saturated rings. The number of carbonyl (C=O) groups excluding carboxylic acids is 2. The first-order valence-corrected chi connectivity index (χ1v) is 10.6. The quantitative estimate of drug-likeness (QED) is 0.569. The molecule has 0 N–H and O–H groups in total. The van der Waals surface area contributed by atoms with Crippen LogP contribution in [0.2, 0.25) is 10.0 Å². The Hall–Kier alpha value is -1.95. The standard InChI is InChI=1S/C21H18Cl2N2O2S/c22-16-6-5-15(18(23)12-16)13-25-20(26)19(28-21(25)27)11-14-3-7-17(8-4-14)24-9-1-2-10-24/h3-8,11-12H,1-2,9-10,13H2/b19-11-. The summed E-state index contributed by atoms with van der Waals surface area (Å²) in [5.74, 6) is -0.301. The van der Waals surface area contributed by atoms with Crippen LogP contribution >= 0.6 is 35.0 Å². The van der Waals surface area contributed by atoms with Gasteiger partial charge in [0.2, 0.25) is 0 Å². The molecule has 2 amide bonds. The number of thioether (sulfide) groups is 1. The summed E-state index contributed by atoms with van der Waals surface area (Å²) in [5, 5.41) is 0.657. The minimum atomic E-state index is -0.301. The number of amides is 2. The van der Waals surface area contributed by atoms with Gasteiger partial charge in [-0.1, -0.05) is 41.4 Å². The van der Waals surface area contributed by atoms with Gasteiger partial charge in [0.15, 0.2) is 0 Å². The summed E-state index contributed by atoms with van der Waals surface area (Å²) in [6.45, 7) is 2.31. The maximum absolute atomic E-state index is 12.7. The molecule has 4 nitrogen and oxygen atoms in total. The van der Waals surface area contributed by atoms with E-state index in [0.717, 1.165) is 30.4 Å². The smallest absolute Gasteiger partial charge is 0.293 e. The minimum Gasteiger partial charge on any atom is -0.372 e. The van der Waals surface area contributed by atoms with Gasteiger partial charge < -0.3 is 4.90 Å². The molecule has 2 aromatic carbocycles. The van der Waals surface area contributed by atoms with Crippen LogP contribution in [0.25, 0.3) is 6.08 Å². The Labute approximate surface area is 178 Å². The van der Waals surface area contributed by atoms with Crippen molar-refractivity contribution in [2.24, 2.45) is 0 Å². The third kappa shape index (κ3) is 4.07. The highest BCUT2D eigenvalue weighted by molar-refractivity contribution is 8.18. The maximum Gasteiger partial charge on any atom is 0.293 e. The molecule has 144 valence electrons. The van der Waals surface area contributed by atoms with Gasteiger partial charge in [-0.3, -0.25) is 14.5 Å². The molecule has 0 bridgehead atoms. The van der Waals surface area contributed by atoms with E-state index >= 15 is 0 Å². The SMILES string of the molecule is O=C1S/C(=C\c2ccc(N3CCCC3)cc2)C(=O)N1Cc1ccc(Cl)cc1Cl. The first-order chi connectivity index (χ1) is 13.5. The number of carbonyl (C=O) groups is 2. The van der Waals surface area contributed by atoms with Crippen molar-refractivity contribution >= 4 is 57.9 Å². The van der Waals surface area contributed by atoms with E-state index in [4.69, 9.17) is 23.2 Å². The fourth-order valence-corrected chi connectivity index (χ4v) is 4.67. The normalized spacial score (nSPS) is 18.6. The fourth-order valence-electron chi connectivity index (χ4n) is 3.36. The Bertz CT molecular complexity index is 953. The lowest BCUT2D eigenvalue weighted by Crippen LogP contribution is -2.27. The summed E-state index contributed by atoms with van der Waals surface area (Å²) in [6, 6.07) is 13.1. The van der Waals surface area contributed by atoms with Crippen molar-refractivity contribution in [1.82, 2.24) is 4.90 Å². The highest BCUT2D eigenvalue weighted by Gasteiger charge is 2.35. The molecule has 0 radical (unpaired) electrons. The highest BCUT2D eigenvalue weighted by Crippen LogP contribution is 2.34. The van der Waals surface area contributed by atoms with Crippen LogP contribution in [-0.2, 0) is 11.3 Å². The molecule has 2 heterocycles. The van der Waals surface area contributed by atoms with Crippen molar-refractivity contribution in [3.05, 3.63) is 68.5 Å². The lowest BCUT2D eigenvalue weighted by molar-refractivity contribution is -0.123. The molecule has 4 rings (SSSR count). The molecule has 7 heteroatoms.